The third-order valence-corrected chi connectivity index (χ3v) is 4.95. The van der Waals surface area contributed by atoms with Crippen LogP contribution in [0.4, 0.5) is 0 Å². The molecule has 1 amide bonds. The molecule has 2 aromatic carbocycles. The maximum absolute atomic E-state index is 12.5. The normalized spacial score (nSPS) is 19.0. The van der Waals surface area contributed by atoms with Crippen molar-refractivity contribution in [1.82, 2.24) is 15.5 Å². The molecule has 1 unspecified atom stereocenters. The largest absolute Gasteiger partial charge is 0.485 e. The van der Waals surface area contributed by atoms with Gasteiger partial charge in [0.1, 0.15) is 10.3 Å². The first-order valence-electron chi connectivity index (χ1n) is 7.87. The summed E-state index contributed by atoms with van der Waals surface area (Å²) in [4.78, 5) is 12.5. The summed E-state index contributed by atoms with van der Waals surface area (Å²) in [6, 6.07) is 13.0. The number of nitrogens with one attached hydrogen (secondary N) is 2. The molecule has 3 aromatic rings. The van der Waals surface area contributed by atoms with E-state index in [9.17, 15) is 4.79 Å². The topological polar surface area (TPSA) is 76.2 Å². The molecule has 2 N–H and O–H groups in total. The summed E-state index contributed by atoms with van der Waals surface area (Å²) in [5, 5.41) is 11.0. The Kier molecular flexibility index (Phi) is 4.03. The van der Waals surface area contributed by atoms with Crippen LogP contribution in [0.25, 0.3) is 10.9 Å². The average molecular weight is 449 g/mol. The summed E-state index contributed by atoms with van der Waals surface area (Å²) in [6.07, 6.45) is 0. The van der Waals surface area contributed by atoms with Crippen LogP contribution >= 0.6 is 22.6 Å². The van der Waals surface area contributed by atoms with Gasteiger partial charge in [-0.3, -0.25) is 9.89 Å². The number of hydrogen-bond acceptors (Lipinski definition) is 4. The number of hydrogen-bond donors (Lipinski definition) is 2. The van der Waals surface area contributed by atoms with E-state index in [-0.39, 0.29) is 5.91 Å². The molecule has 0 saturated carbocycles. The highest BCUT2D eigenvalue weighted by molar-refractivity contribution is 14.1. The van der Waals surface area contributed by atoms with Gasteiger partial charge in [0.2, 0.25) is 0 Å². The first-order chi connectivity index (χ1) is 12.0. The van der Waals surface area contributed by atoms with Gasteiger partial charge in [-0.2, -0.15) is 5.10 Å². The zero-order valence-electron chi connectivity index (χ0n) is 13.5. The average Bonchev–Trinajstić information content (AvgIpc) is 3.00. The van der Waals surface area contributed by atoms with Crippen molar-refractivity contribution in [2.75, 3.05) is 13.2 Å². The SMILES string of the molecule is CC1(CNC(=O)c2ccc3n[nH]c(I)c3c2)COc2ccccc2O1. The summed E-state index contributed by atoms with van der Waals surface area (Å²) in [7, 11) is 0. The van der Waals surface area contributed by atoms with Crippen LogP contribution in [0.15, 0.2) is 42.5 Å². The molecule has 0 bridgehead atoms. The van der Waals surface area contributed by atoms with Gasteiger partial charge in [-0.05, 0) is 59.8 Å². The van der Waals surface area contributed by atoms with Crippen molar-refractivity contribution in [3.63, 3.8) is 0 Å². The zero-order valence-corrected chi connectivity index (χ0v) is 15.7. The molecule has 1 aliphatic rings. The van der Waals surface area contributed by atoms with Gasteiger partial charge >= 0.3 is 0 Å². The van der Waals surface area contributed by atoms with Gasteiger partial charge in [0.25, 0.3) is 5.91 Å². The number of amides is 1. The van der Waals surface area contributed by atoms with Gasteiger partial charge in [-0.25, -0.2) is 0 Å². The van der Waals surface area contributed by atoms with E-state index in [0.29, 0.717) is 24.5 Å². The number of halogens is 1. The van der Waals surface area contributed by atoms with Crippen molar-refractivity contribution in [3.8, 4) is 11.5 Å². The van der Waals surface area contributed by atoms with Crippen LogP contribution in [0.2, 0.25) is 0 Å². The molecule has 0 fully saturated rings. The summed E-state index contributed by atoms with van der Waals surface area (Å²) in [6.45, 7) is 2.65. The molecular weight excluding hydrogens is 433 g/mol. The van der Waals surface area contributed by atoms with Gasteiger partial charge in [-0.1, -0.05) is 12.1 Å². The zero-order chi connectivity index (χ0) is 17.4. The Labute approximate surface area is 158 Å². The molecule has 128 valence electrons. The van der Waals surface area contributed by atoms with E-state index in [2.05, 4.69) is 38.1 Å². The quantitative estimate of drug-likeness (QED) is 0.603. The summed E-state index contributed by atoms with van der Waals surface area (Å²) in [5.74, 6) is 1.27. The number of aromatic amines is 1. The molecule has 1 aliphatic heterocycles. The Morgan fingerprint density at radius 3 is 2.96 bits per heavy atom. The molecule has 1 aromatic heterocycles. The minimum absolute atomic E-state index is 0.150. The fourth-order valence-electron chi connectivity index (χ4n) is 2.76. The number of H-pyrrole nitrogens is 1. The van der Waals surface area contributed by atoms with Gasteiger partial charge < -0.3 is 14.8 Å². The molecule has 1 atom stereocenters. The highest BCUT2D eigenvalue weighted by Crippen LogP contribution is 2.34. The van der Waals surface area contributed by atoms with Crippen molar-refractivity contribution in [3.05, 3.63) is 51.7 Å². The Morgan fingerprint density at radius 1 is 1.32 bits per heavy atom. The summed E-state index contributed by atoms with van der Waals surface area (Å²) in [5.41, 5.74) is 0.819. The van der Waals surface area contributed by atoms with Crippen LogP contribution in [0.1, 0.15) is 17.3 Å². The van der Waals surface area contributed by atoms with Crippen molar-refractivity contribution in [1.29, 1.82) is 0 Å². The van der Waals surface area contributed by atoms with Crippen molar-refractivity contribution in [2.45, 2.75) is 12.5 Å². The number of carbonyl (C=O) groups excluding carboxylic acids is 1. The standard InChI is InChI=1S/C18H16IN3O3/c1-18(10-24-14-4-2-3-5-15(14)25-18)9-20-17(23)11-6-7-13-12(8-11)16(19)22-21-13/h2-8H,9-10H2,1H3,(H,20,23)(H,21,22). The van der Waals surface area contributed by atoms with E-state index in [4.69, 9.17) is 9.47 Å². The fourth-order valence-corrected chi connectivity index (χ4v) is 3.31. The molecule has 2 heterocycles. The predicted molar refractivity (Wildman–Crippen MR) is 102 cm³/mol. The van der Waals surface area contributed by atoms with Gasteiger partial charge in [0.05, 0.1) is 12.1 Å². The van der Waals surface area contributed by atoms with E-state index in [1.54, 1.807) is 6.07 Å². The van der Waals surface area contributed by atoms with Crippen LogP contribution in [-0.2, 0) is 0 Å². The number of rotatable bonds is 3. The number of fused-ring (bicyclic) bond motifs is 2. The lowest BCUT2D eigenvalue weighted by atomic mass is 10.1. The molecular formula is C18H16IN3O3. The number of nitrogens with zero attached hydrogens (tertiary/aromatic N) is 1. The second kappa shape index (κ2) is 6.21. The number of carbonyl (C=O) groups is 1. The number of ether oxygens (including phenoxy) is 2. The monoisotopic (exact) mass is 449 g/mol. The Morgan fingerprint density at radius 2 is 2.12 bits per heavy atom. The van der Waals surface area contributed by atoms with Crippen molar-refractivity contribution >= 4 is 39.4 Å². The van der Waals surface area contributed by atoms with E-state index in [0.717, 1.165) is 20.4 Å². The maximum atomic E-state index is 12.5. The van der Waals surface area contributed by atoms with Crippen molar-refractivity contribution in [2.24, 2.45) is 0 Å². The van der Waals surface area contributed by atoms with Crippen LogP contribution in [0, 0.1) is 3.70 Å². The van der Waals surface area contributed by atoms with Gasteiger partial charge in [0, 0.05) is 10.9 Å². The Bertz CT molecular complexity index is 956. The number of benzene rings is 2. The lowest BCUT2D eigenvalue weighted by molar-refractivity contribution is 0.00724. The van der Waals surface area contributed by atoms with Crippen LogP contribution < -0.4 is 14.8 Å². The minimum Gasteiger partial charge on any atom is -0.485 e. The highest BCUT2D eigenvalue weighted by atomic mass is 127. The smallest absolute Gasteiger partial charge is 0.251 e. The second-order valence-corrected chi connectivity index (χ2v) is 7.32. The van der Waals surface area contributed by atoms with Crippen molar-refractivity contribution < 1.29 is 14.3 Å². The fraction of sp³-hybridized carbons (Fsp3) is 0.222. The molecule has 4 rings (SSSR count). The molecule has 6 nitrogen and oxygen atoms in total. The number of para-hydroxylation sites is 2. The lowest BCUT2D eigenvalue weighted by Crippen LogP contribution is -2.51. The lowest BCUT2D eigenvalue weighted by Gasteiger charge is -2.35. The molecule has 0 saturated heterocycles. The summed E-state index contributed by atoms with van der Waals surface area (Å²) < 4.78 is 12.7. The van der Waals surface area contributed by atoms with Gasteiger partial charge in [-0.15, -0.1) is 0 Å². The minimum atomic E-state index is -0.613. The van der Waals surface area contributed by atoms with E-state index >= 15 is 0 Å². The summed E-state index contributed by atoms with van der Waals surface area (Å²) >= 11 is 2.17. The molecule has 7 heteroatoms. The predicted octanol–water partition coefficient (Wildman–Crippen LogP) is 3.13. The number of aromatic nitrogens is 2. The third kappa shape index (κ3) is 3.15. The van der Waals surface area contributed by atoms with Crippen LogP contribution in [-0.4, -0.2) is 34.9 Å². The second-order valence-electron chi connectivity index (χ2n) is 6.24. The first kappa shape index (κ1) is 16.2. The molecule has 0 spiro atoms. The highest BCUT2D eigenvalue weighted by Gasteiger charge is 2.33. The van der Waals surface area contributed by atoms with Crippen LogP contribution in [0.3, 0.4) is 0 Å². The maximum Gasteiger partial charge on any atom is 0.251 e. The van der Waals surface area contributed by atoms with E-state index in [1.807, 2.05) is 43.3 Å². The first-order valence-corrected chi connectivity index (χ1v) is 8.95. The van der Waals surface area contributed by atoms with Crippen LogP contribution in [0.5, 0.6) is 11.5 Å². The Hall–Kier alpha value is -2.29. The molecule has 0 radical (unpaired) electrons. The van der Waals surface area contributed by atoms with E-state index < -0.39 is 5.60 Å². The third-order valence-electron chi connectivity index (χ3n) is 4.13. The molecule has 0 aliphatic carbocycles. The Balaban J connectivity index is 1.47. The van der Waals surface area contributed by atoms with Gasteiger partial charge in [0.15, 0.2) is 17.1 Å². The van der Waals surface area contributed by atoms with E-state index in [1.165, 1.54) is 0 Å². The molecule has 25 heavy (non-hydrogen) atoms.